The largest absolute Gasteiger partial charge is 0.444 e. The van der Waals surface area contributed by atoms with E-state index in [4.69, 9.17) is 9.47 Å². The van der Waals surface area contributed by atoms with Crippen molar-refractivity contribution in [2.24, 2.45) is 0 Å². The Kier molecular flexibility index (Phi) is 3.54. The van der Waals surface area contributed by atoms with E-state index in [0.717, 1.165) is 12.8 Å². The summed E-state index contributed by atoms with van der Waals surface area (Å²) in [5.41, 5.74) is 0.591. The van der Waals surface area contributed by atoms with Crippen LogP contribution in [0.15, 0.2) is 6.07 Å². The van der Waals surface area contributed by atoms with Crippen LogP contribution in [0, 0.1) is 0 Å². The second kappa shape index (κ2) is 5.36. The lowest BCUT2D eigenvalue weighted by molar-refractivity contribution is -0.105. The predicted molar refractivity (Wildman–Crippen MR) is 72.6 cm³/mol. The van der Waals surface area contributed by atoms with E-state index < -0.39 is 6.09 Å². The molecule has 0 spiro atoms. The Morgan fingerprint density at radius 3 is 3.14 bits per heavy atom. The Labute approximate surface area is 121 Å². The van der Waals surface area contributed by atoms with Crippen LogP contribution in [0.2, 0.25) is 0 Å². The molecule has 1 saturated carbocycles. The first-order valence-electron chi connectivity index (χ1n) is 6.94. The van der Waals surface area contributed by atoms with Crippen molar-refractivity contribution in [3.63, 3.8) is 0 Å². The maximum atomic E-state index is 11.7. The highest BCUT2D eigenvalue weighted by Crippen LogP contribution is 2.35. The number of carbonyl (C=O) groups is 2. The van der Waals surface area contributed by atoms with Gasteiger partial charge in [0.2, 0.25) is 6.41 Å². The number of alkyl carbamates (subject to hydrolysis) is 1. The van der Waals surface area contributed by atoms with Gasteiger partial charge in [-0.3, -0.25) is 9.89 Å². The summed E-state index contributed by atoms with van der Waals surface area (Å²) in [6, 6.07) is 1.70. The van der Waals surface area contributed by atoms with Crippen LogP contribution >= 0.6 is 0 Å². The Hall–Kier alpha value is -2.09. The van der Waals surface area contributed by atoms with Crippen LogP contribution in [0.4, 0.5) is 10.6 Å². The molecule has 2 atom stereocenters. The van der Waals surface area contributed by atoms with Crippen LogP contribution in [-0.2, 0) is 14.3 Å². The van der Waals surface area contributed by atoms with Gasteiger partial charge >= 0.3 is 6.09 Å². The van der Waals surface area contributed by atoms with E-state index in [2.05, 4.69) is 20.8 Å². The van der Waals surface area contributed by atoms with Crippen LogP contribution in [0.3, 0.4) is 0 Å². The average Bonchev–Trinajstić information content (AvgIpc) is 2.85. The highest BCUT2D eigenvalue weighted by molar-refractivity contribution is 5.69. The summed E-state index contributed by atoms with van der Waals surface area (Å²) in [6.07, 6.45) is 2.19. The maximum absolute atomic E-state index is 11.7. The van der Waals surface area contributed by atoms with E-state index >= 15 is 0 Å². The molecule has 8 heteroatoms. The standard InChI is InChI=1S/C13H18N4O4/c1-13(2-3-13)15-12(19)21-8-4-10(20-6-8)9-5-11(14-7-18)17-16-9/h5,7-8,10H,2-4,6H2,1H3,(H,15,19)(H2,14,16,17,18). The summed E-state index contributed by atoms with van der Waals surface area (Å²) in [6.45, 7) is 2.34. The summed E-state index contributed by atoms with van der Waals surface area (Å²) in [4.78, 5) is 22.1. The normalized spacial score (nSPS) is 26.1. The molecule has 8 nitrogen and oxygen atoms in total. The zero-order valence-corrected chi connectivity index (χ0v) is 11.7. The molecule has 1 aliphatic carbocycles. The first kappa shape index (κ1) is 13.9. The van der Waals surface area contributed by atoms with E-state index in [-0.39, 0.29) is 17.7 Å². The van der Waals surface area contributed by atoms with Crippen molar-refractivity contribution < 1.29 is 19.1 Å². The number of amides is 2. The lowest BCUT2D eigenvalue weighted by atomic mass is 10.1. The first-order valence-corrected chi connectivity index (χ1v) is 6.94. The number of nitrogens with zero attached hydrogens (tertiary/aromatic N) is 1. The number of hydrogen-bond acceptors (Lipinski definition) is 5. The van der Waals surface area contributed by atoms with Crippen molar-refractivity contribution in [3.8, 4) is 0 Å². The van der Waals surface area contributed by atoms with Gasteiger partial charge in [-0.05, 0) is 19.8 Å². The Bertz CT molecular complexity index is 540. The molecule has 2 unspecified atom stereocenters. The molecule has 2 fully saturated rings. The van der Waals surface area contributed by atoms with Gasteiger partial charge < -0.3 is 20.1 Å². The van der Waals surface area contributed by atoms with Gasteiger partial charge in [0.05, 0.1) is 12.3 Å². The summed E-state index contributed by atoms with van der Waals surface area (Å²) >= 11 is 0. The average molecular weight is 294 g/mol. The fourth-order valence-electron chi connectivity index (χ4n) is 2.27. The number of aromatic nitrogens is 2. The number of carbonyl (C=O) groups excluding carboxylic acids is 2. The van der Waals surface area contributed by atoms with Crippen molar-refractivity contribution in [1.82, 2.24) is 15.5 Å². The van der Waals surface area contributed by atoms with E-state index in [1.54, 1.807) is 6.07 Å². The van der Waals surface area contributed by atoms with E-state index in [9.17, 15) is 9.59 Å². The fraction of sp³-hybridized carbons (Fsp3) is 0.615. The molecule has 0 radical (unpaired) electrons. The zero-order valence-electron chi connectivity index (χ0n) is 11.7. The second-order valence-corrected chi connectivity index (χ2v) is 5.74. The molecule has 2 amide bonds. The number of aromatic amines is 1. The quantitative estimate of drug-likeness (QED) is 0.705. The number of ether oxygens (including phenoxy) is 2. The minimum absolute atomic E-state index is 0.0897. The van der Waals surface area contributed by atoms with Crippen molar-refractivity contribution >= 4 is 18.3 Å². The zero-order chi connectivity index (χ0) is 14.9. The van der Waals surface area contributed by atoms with Gasteiger partial charge in [-0.15, -0.1) is 0 Å². The number of rotatable bonds is 5. The van der Waals surface area contributed by atoms with Gasteiger partial charge in [0.15, 0.2) is 0 Å². The van der Waals surface area contributed by atoms with Gasteiger partial charge in [-0.25, -0.2) is 4.79 Å². The van der Waals surface area contributed by atoms with Crippen LogP contribution in [0.5, 0.6) is 0 Å². The van der Waals surface area contributed by atoms with Gasteiger partial charge in [0.25, 0.3) is 0 Å². The molecule has 2 heterocycles. The third-order valence-electron chi connectivity index (χ3n) is 3.78. The van der Waals surface area contributed by atoms with E-state index in [0.29, 0.717) is 30.9 Å². The Balaban J connectivity index is 1.50. The van der Waals surface area contributed by atoms with Crippen molar-refractivity contribution in [3.05, 3.63) is 11.8 Å². The van der Waals surface area contributed by atoms with Gasteiger partial charge in [0.1, 0.15) is 18.0 Å². The molecule has 0 aromatic carbocycles. The SMILES string of the molecule is CC1(NC(=O)OC2COC(c3cc(NC=O)[nH]n3)C2)CC1. The minimum Gasteiger partial charge on any atom is -0.444 e. The number of H-pyrrole nitrogens is 1. The van der Waals surface area contributed by atoms with Gasteiger partial charge in [-0.2, -0.15) is 5.10 Å². The Morgan fingerprint density at radius 2 is 2.43 bits per heavy atom. The Morgan fingerprint density at radius 1 is 1.62 bits per heavy atom. The summed E-state index contributed by atoms with van der Waals surface area (Å²) in [5.74, 6) is 0.507. The highest BCUT2D eigenvalue weighted by atomic mass is 16.6. The van der Waals surface area contributed by atoms with Crippen LogP contribution in [-0.4, -0.2) is 41.0 Å². The molecule has 3 rings (SSSR count). The molecule has 1 aliphatic heterocycles. The number of hydrogen-bond donors (Lipinski definition) is 3. The molecule has 0 bridgehead atoms. The summed E-state index contributed by atoms with van der Waals surface area (Å²) in [5, 5.41) is 12.1. The lowest BCUT2D eigenvalue weighted by Crippen LogP contribution is -2.37. The maximum Gasteiger partial charge on any atom is 0.407 e. The van der Waals surface area contributed by atoms with Crippen molar-refractivity contribution in [2.75, 3.05) is 11.9 Å². The highest BCUT2D eigenvalue weighted by Gasteiger charge is 2.40. The van der Waals surface area contributed by atoms with Gasteiger partial charge in [-0.1, -0.05) is 0 Å². The van der Waals surface area contributed by atoms with Crippen LogP contribution in [0.1, 0.15) is 38.0 Å². The molecule has 1 aromatic heterocycles. The molecule has 21 heavy (non-hydrogen) atoms. The monoisotopic (exact) mass is 294 g/mol. The van der Waals surface area contributed by atoms with Gasteiger partial charge in [0, 0.05) is 18.0 Å². The summed E-state index contributed by atoms with van der Waals surface area (Å²) in [7, 11) is 0. The first-order chi connectivity index (χ1) is 10.1. The fourth-order valence-corrected chi connectivity index (χ4v) is 2.27. The molecule has 1 saturated heterocycles. The smallest absolute Gasteiger partial charge is 0.407 e. The molecule has 2 aliphatic rings. The number of nitrogens with one attached hydrogen (secondary N) is 3. The minimum atomic E-state index is -0.394. The molecular formula is C13H18N4O4. The summed E-state index contributed by atoms with van der Waals surface area (Å²) < 4.78 is 10.9. The molecule has 114 valence electrons. The van der Waals surface area contributed by atoms with Crippen LogP contribution in [0.25, 0.3) is 0 Å². The lowest BCUT2D eigenvalue weighted by Gasteiger charge is -2.14. The predicted octanol–water partition coefficient (Wildman–Crippen LogP) is 1.09. The van der Waals surface area contributed by atoms with Crippen molar-refractivity contribution in [1.29, 1.82) is 0 Å². The second-order valence-electron chi connectivity index (χ2n) is 5.74. The van der Waals surface area contributed by atoms with Crippen LogP contribution < -0.4 is 10.6 Å². The van der Waals surface area contributed by atoms with Crippen molar-refractivity contribution in [2.45, 2.75) is 43.9 Å². The molecule has 1 aromatic rings. The third-order valence-corrected chi connectivity index (χ3v) is 3.78. The van der Waals surface area contributed by atoms with E-state index in [1.165, 1.54) is 0 Å². The molecule has 3 N–H and O–H groups in total. The van der Waals surface area contributed by atoms with E-state index in [1.807, 2.05) is 6.92 Å². The number of anilines is 1. The molecular weight excluding hydrogens is 276 g/mol. The topological polar surface area (TPSA) is 105 Å². The third kappa shape index (κ3) is 3.33.